The maximum atomic E-state index is 10.6. The van der Waals surface area contributed by atoms with Crippen molar-refractivity contribution in [1.29, 1.82) is 0 Å². The van der Waals surface area contributed by atoms with E-state index in [0.29, 0.717) is 17.9 Å². The molecule has 4 N–H and O–H groups in total. The average Bonchev–Trinajstić information content (AvgIpc) is 2.14. The van der Waals surface area contributed by atoms with Crippen molar-refractivity contribution in [3.05, 3.63) is 0 Å². The Morgan fingerprint density at radius 1 is 1.33 bits per heavy atom. The van der Waals surface area contributed by atoms with E-state index in [0.717, 1.165) is 18.9 Å². The standard InChI is InChI=1S/C12H24N2O/c1-11(2)8-6-9(11)12(3,15)10(7-8)14-5-4-13/h8-10,14-15H,4-7,13H2,1-3H3/t8-,9-,10-,12-/m1/s1. The summed E-state index contributed by atoms with van der Waals surface area (Å²) in [6.45, 7) is 8.02. The van der Waals surface area contributed by atoms with Crippen molar-refractivity contribution in [2.75, 3.05) is 13.1 Å². The fourth-order valence-corrected chi connectivity index (χ4v) is 3.72. The molecule has 0 heterocycles. The first-order valence-corrected chi connectivity index (χ1v) is 6.06. The van der Waals surface area contributed by atoms with Gasteiger partial charge < -0.3 is 16.2 Å². The van der Waals surface area contributed by atoms with E-state index >= 15 is 0 Å². The molecular formula is C12H24N2O. The lowest BCUT2D eigenvalue weighted by Crippen LogP contribution is -2.69. The predicted octanol–water partition coefficient (Wildman–Crippen LogP) is 0.720. The first-order chi connectivity index (χ1) is 6.90. The second-order valence-corrected chi connectivity index (χ2v) is 6.06. The number of rotatable bonds is 3. The Labute approximate surface area is 92.4 Å². The molecule has 88 valence electrons. The normalized spacial score (nSPS) is 47.4. The third-order valence-corrected chi connectivity index (χ3v) is 4.94. The number of aliphatic hydroxyl groups is 1. The Bertz CT molecular complexity index is 250. The highest BCUT2D eigenvalue weighted by Gasteiger charge is 2.62. The molecule has 0 spiro atoms. The largest absolute Gasteiger partial charge is 0.388 e. The lowest BCUT2D eigenvalue weighted by atomic mass is 9.43. The number of nitrogens with one attached hydrogen (secondary N) is 1. The molecule has 3 rings (SSSR count). The molecule has 0 aliphatic heterocycles. The van der Waals surface area contributed by atoms with Gasteiger partial charge in [-0.2, -0.15) is 0 Å². The molecule has 3 saturated carbocycles. The van der Waals surface area contributed by atoms with Crippen molar-refractivity contribution < 1.29 is 5.11 Å². The Balaban J connectivity index is 2.07. The van der Waals surface area contributed by atoms with Crippen LogP contribution < -0.4 is 11.1 Å². The summed E-state index contributed by atoms with van der Waals surface area (Å²) in [5, 5.41) is 14.0. The molecule has 3 aliphatic rings. The zero-order valence-corrected chi connectivity index (χ0v) is 10.1. The van der Waals surface area contributed by atoms with Gasteiger partial charge in [-0.15, -0.1) is 0 Å². The Hall–Kier alpha value is -0.120. The fourth-order valence-electron chi connectivity index (χ4n) is 3.72. The van der Waals surface area contributed by atoms with Gasteiger partial charge in [0.25, 0.3) is 0 Å². The molecule has 2 bridgehead atoms. The lowest BCUT2D eigenvalue weighted by Gasteiger charge is -2.65. The SMILES string of the molecule is CC1(C)[C@@H]2C[C@H]1[C@@](C)(O)[C@H](NCCN)C2. The molecule has 3 fully saturated rings. The molecule has 0 saturated heterocycles. The summed E-state index contributed by atoms with van der Waals surface area (Å²) in [6.07, 6.45) is 2.29. The summed E-state index contributed by atoms with van der Waals surface area (Å²) in [5.74, 6) is 1.22. The van der Waals surface area contributed by atoms with Crippen molar-refractivity contribution in [2.24, 2.45) is 23.0 Å². The predicted molar refractivity (Wildman–Crippen MR) is 61.5 cm³/mol. The quantitative estimate of drug-likeness (QED) is 0.646. The summed E-state index contributed by atoms with van der Waals surface area (Å²) in [7, 11) is 0. The zero-order chi connectivity index (χ0) is 11.3. The van der Waals surface area contributed by atoms with Crippen LogP contribution in [0.4, 0.5) is 0 Å². The second-order valence-electron chi connectivity index (χ2n) is 6.06. The Morgan fingerprint density at radius 3 is 2.47 bits per heavy atom. The number of hydrogen-bond acceptors (Lipinski definition) is 3. The van der Waals surface area contributed by atoms with Gasteiger partial charge in [0, 0.05) is 19.1 Å². The van der Waals surface area contributed by atoms with Crippen molar-refractivity contribution in [2.45, 2.75) is 45.3 Å². The third kappa shape index (κ3) is 1.52. The third-order valence-electron chi connectivity index (χ3n) is 4.94. The molecule has 0 amide bonds. The highest BCUT2D eigenvalue weighted by Crippen LogP contribution is 2.62. The summed E-state index contributed by atoms with van der Waals surface area (Å²) in [5.41, 5.74) is 5.25. The Morgan fingerprint density at radius 2 is 2.00 bits per heavy atom. The van der Waals surface area contributed by atoms with Crippen molar-refractivity contribution in [1.82, 2.24) is 5.32 Å². The van der Waals surface area contributed by atoms with Crippen LogP contribution in [0.5, 0.6) is 0 Å². The van der Waals surface area contributed by atoms with Crippen LogP contribution in [0, 0.1) is 17.3 Å². The minimum absolute atomic E-state index is 0.234. The molecular weight excluding hydrogens is 188 g/mol. The minimum Gasteiger partial charge on any atom is -0.388 e. The van der Waals surface area contributed by atoms with Crippen molar-refractivity contribution in [3.8, 4) is 0 Å². The monoisotopic (exact) mass is 212 g/mol. The van der Waals surface area contributed by atoms with Gasteiger partial charge in [-0.3, -0.25) is 0 Å². The van der Waals surface area contributed by atoms with Crippen LogP contribution in [-0.4, -0.2) is 29.8 Å². The van der Waals surface area contributed by atoms with E-state index in [1.807, 2.05) is 6.92 Å². The number of hydrogen-bond donors (Lipinski definition) is 3. The van der Waals surface area contributed by atoms with E-state index in [2.05, 4.69) is 19.2 Å². The molecule has 3 heteroatoms. The zero-order valence-electron chi connectivity index (χ0n) is 10.1. The van der Waals surface area contributed by atoms with Gasteiger partial charge in [0.1, 0.15) is 0 Å². The summed E-state index contributed by atoms with van der Waals surface area (Å²) < 4.78 is 0. The molecule has 0 radical (unpaired) electrons. The van der Waals surface area contributed by atoms with E-state index in [1.165, 1.54) is 6.42 Å². The molecule has 3 nitrogen and oxygen atoms in total. The molecule has 4 atom stereocenters. The molecule has 0 aromatic carbocycles. The van der Waals surface area contributed by atoms with Gasteiger partial charge in [0.15, 0.2) is 0 Å². The summed E-state index contributed by atoms with van der Waals surface area (Å²) >= 11 is 0. The van der Waals surface area contributed by atoms with E-state index in [1.54, 1.807) is 0 Å². The van der Waals surface area contributed by atoms with E-state index < -0.39 is 5.60 Å². The smallest absolute Gasteiger partial charge is 0.0805 e. The first kappa shape index (κ1) is 11.4. The van der Waals surface area contributed by atoms with Crippen LogP contribution in [0.15, 0.2) is 0 Å². The van der Waals surface area contributed by atoms with Crippen molar-refractivity contribution >= 4 is 0 Å². The molecule has 0 unspecified atom stereocenters. The van der Waals surface area contributed by atoms with Crippen LogP contribution in [0.25, 0.3) is 0 Å². The van der Waals surface area contributed by atoms with Crippen LogP contribution >= 0.6 is 0 Å². The van der Waals surface area contributed by atoms with Crippen LogP contribution in [0.1, 0.15) is 33.6 Å². The van der Waals surface area contributed by atoms with E-state index in [-0.39, 0.29) is 6.04 Å². The van der Waals surface area contributed by atoms with Gasteiger partial charge in [-0.25, -0.2) is 0 Å². The second kappa shape index (κ2) is 3.44. The van der Waals surface area contributed by atoms with Gasteiger partial charge >= 0.3 is 0 Å². The fraction of sp³-hybridized carbons (Fsp3) is 1.00. The average molecular weight is 212 g/mol. The maximum Gasteiger partial charge on any atom is 0.0805 e. The van der Waals surface area contributed by atoms with Gasteiger partial charge in [-0.05, 0) is 37.0 Å². The topological polar surface area (TPSA) is 58.3 Å². The highest BCUT2D eigenvalue weighted by atomic mass is 16.3. The van der Waals surface area contributed by atoms with Gasteiger partial charge in [0.05, 0.1) is 5.60 Å². The number of fused-ring (bicyclic) bond motifs is 2. The lowest BCUT2D eigenvalue weighted by molar-refractivity contribution is -0.208. The van der Waals surface area contributed by atoms with Gasteiger partial charge in [-0.1, -0.05) is 13.8 Å². The first-order valence-electron chi connectivity index (χ1n) is 6.06. The van der Waals surface area contributed by atoms with Crippen molar-refractivity contribution in [3.63, 3.8) is 0 Å². The minimum atomic E-state index is -0.562. The van der Waals surface area contributed by atoms with Crippen LogP contribution in [0.3, 0.4) is 0 Å². The Kier molecular flexibility index (Phi) is 2.61. The van der Waals surface area contributed by atoms with E-state index in [4.69, 9.17) is 5.73 Å². The molecule has 15 heavy (non-hydrogen) atoms. The maximum absolute atomic E-state index is 10.6. The van der Waals surface area contributed by atoms with Crippen LogP contribution in [-0.2, 0) is 0 Å². The highest BCUT2D eigenvalue weighted by molar-refractivity contribution is 5.14. The summed E-state index contributed by atoms with van der Waals surface area (Å²) in [6, 6.07) is 0.234. The van der Waals surface area contributed by atoms with Crippen LogP contribution in [0.2, 0.25) is 0 Å². The van der Waals surface area contributed by atoms with Gasteiger partial charge in [0.2, 0.25) is 0 Å². The summed E-state index contributed by atoms with van der Waals surface area (Å²) in [4.78, 5) is 0. The number of nitrogens with two attached hydrogens (primary N) is 1. The van der Waals surface area contributed by atoms with E-state index in [9.17, 15) is 5.11 Å². The molecule has 3 aliphatic carbocycles. The molecule has 0 aromatic heterocycles. The molecule has 0 aromatic rings.